The Morgan fingerprint density at radius 2 is 1.96 bits per heavy atom. The average molecular weight is 423 g/mol. The number of alkyl carbamates (subject to hydrolysis) is 1. The molecular formula is C19H20BrFN2O3. The van der Waals surface area contributed by atoms with Crippen LogP contribution < -0.4 is 5.32 Å². The molecule has 1 aromatic heterocycles. The van der Waals surface area contributed by atoms with Crippen molar-refractivity contribution >= 4 is 27.8 Å². The Balaban J connectivity index is 2.01. The first-order valence-corrected chi connectivity index (χ1v) is 8.82. The normalized spacial score (nSPS) is 11.1. The van der Waals surface area contributed by atoms with Gasteiger partial charge in [-0.05, 0) is 44.0 Å². The van der Waals surface area contributed by atoms with Crippen molar-refractivity contribution < 1.29 is 18.7 Å². The number of carbonyl (C=O) groups is 2. The van der Waals surface area contributed by atoms with E-state index in [1.807, 2.05) is 0 Å². The molecule has 26 heavy (non-hydrogen) atoms. The fourth-order valence-electron chi connectivity index (χ4n) is 2.17. The number of halogens is 2. The quantitative estimate of drug-likeness (QED) is 0.723. The van der Waals surface area contributed by atoms with Crippen LogP contribution in [0.5, 0.6) is 0 Å². The number of pyridine rings is 1. The molecule has 0 aliphatic rings. The summed E-state index contributed by atoms with van der Waals surface area (Å²) in [5.74, 6) is -0.708. The summed E-state index contributed by atoms with van der Waals surface area (Å²) < 4.78 is 19.5. The number of nitrogens with zero attached hydrogens (tertiary/aromatic N) is 1. The zero-order valence-electron chi connectivity index (χ0n) is 14.8. The number of benzene rings is 1. The van der Waals surface area contributed by atoms with Gasteiger partial charge in [-0.3, -0.25) is 9.78 Å². The van der Waals surface area contributed by atoms with E-state index in [4.69, 9.17) is 4.74 Å². The van der Waals surface area contributed by atoms with Crippen molar-refractivity contribution in [2.45, 2.75) is 39.3 Å². The lowest BCUT2D eigenvalue weighted by molar-refractivity contribution is 0.0523. The van der Waals surface area contributed by atoms with Gasteiger partial charge in [0.25, 0.3) is 0 Å². The zero-order chi connectivity index (χ0) is 19.3. The van der Waals surface area contributed by atoms with Gasteiger partial charge in [-0.1, -0.05) is 28.1 Å². The molecule has 7 heteroatoms. The number of ketones is 1. The summed E-state index contributed by atoms with van der Waals surface area (Å²) in [5.41, 5.74) is 0.980. The Labute approximate surface area is 160 Å². The molecule has 0 spiro atoms. The Kier molecular flexibility index (Phi) is 6.47. The summed E-state index contributed by atoms with van der Waals surface area (Å²) in [6.45, 7) is 5.61. The lowest BCUT2D eigenvalue weighted by atomic mass is 10.0. The molecule has 0 fully saturated rings. The third-order valence-corrected chi connectivity index (χ3v) is 4.14. The van der Waals surface area contributed by atoms with Gasteiger partial charge in [0.2, 0.25) is 0 Å². The lowest BCUT2D eigenvalue weighted by Crippen LogP contribution is -2.32. The summed E-state index contributed by atoms with van der Waals surface area (Å²) in [7, 11) is 0. The molecule has 0 aliphatic heterocycles. The van der Waals surface area contributed by atoms with Gasteiger partial charge in [-0.25, -0.2) is 9.18 Å². The minimum Gasteiger partial charge on any atom is -0.444 e. The van der Waals surface area contributed by atoms with E-state index >= 15 is 0 Å². The molecule has 0 radical (unpaired) electrons. The highest BCUT2D eigenvalue weighted by molar-refractivity contribution is 9.10. The molecule has 0 atom stereocenters. The summed E-state index contributed by atoms with van der Waals surface area (Å²) in [5, 5.41) is 2.66. The van der Waals surface area contributed by atoms with E-state index in [1.54, 1.807) is 39.0 Å². The topological polar surface area (TPSA) is 68.3 Å². The SMILES string of the molecule is CC(C)(C)OC(=O)NCc1ccc(C(=O)Cc2ccncc2F)cc1Br. The first-order chi connectivity index (χ1) is 12.2. The van der Waals surface area contributed by atoms with Crippen molar-refractivity contribution in [3.05, 3.63) is 63.6 Å². The Bertz CT molecular complexity index is 819. The van der Waals surface area contributed by atoms with E-state index in [2.05, 4.69) is 26.2 Å². The van der Waals surface area contributed by atoms with Crippen molar-refractivity contribution in [2.75, 3.05) is 0 Å². The first-order valence-electron chi connectivity index (χ1n) is 8.02. The minimum absolute atomic E-state index is 0.0453. The number of rotatable bonds is 5. The summed E-state index contributed by atoms with van der Waals surface area (Å²) in [6, 6.07) is 6.53. The second kappa shape index (κ2) is 8.40. The predicted molar refractivity (Wildman–Crippen MR) is 99.4 cm³/mol. The molecule has 1 N–H and O–H groups in total. The number of carbonyl (C=O) groups excluding carboxylic acids is 2. The van der Waals surface area contributed by atoms with Gasteiger partial charge in [-0.15, -0.1) is 0 Å². The largest absolute Gasteiger partial charge is 0.444 e. The van der Waals surface area contributed by atoms with Crippen molar-refractivity contribution in [1.29, 1.82) is 0 Å². The van der Waals surface area contributed by atoms with Crippen LogP contribution in [0, 0.1) is 5.82 Å². The van der Waals surface area contributed by atoms with Gasteiger partial charge in [0.1, 0.15) is 11.4 Å². The molecule has 1 amide bonds. The van der Waals surface area contributed by atoms with Gasteiger partial charge in [0, 0.05) is 29.2 Å². The molecule has 1 heterocycles. The second-order valence-electron chi connectivity index (χ2n) is 6.73. The third kappa shape index (κ3) is 5.91. The predicted octanol–water partition coefficient (Wildman–Crippen LogP) is 4.43. The van der Waals surface area contributed by atoms with Crippen molar-refractivity contribution in [1.82, 2.24) is 10.3 Å². The highest BCUT2D eigenvalue weighted by Crippen LogP contribution is 2.20. The van der Waals surface area contributed by atoms with E-state index < -0.39 is 17.5 Å². The standard InChI is InChI=1S/C19H20BrFN2O3/c1-19(2,3)26-18(25)23-10-14-5-4-13(8-15(14)20)17(24)9-12-6-7-22-11-16(12)21/h4-8,11H,9-10H2,1-3H3,(H,23,25). The lowest BCUT2D eigenvalue weighted by Gasteiger charge is -2.19. The zero-order valence-corrected chi connectivity index (χ0v) is 16.4. The van der Waals surface area contributed by atoms with Crippen molar-refractivity contribution in [3.63, 3.8) is 0 Å². The average Bonchev–Trinajstić information content (AvgIpc) is 2.54. The fourth-order valence-corrected chi connectivity index (χ4v) is 2.69. The maximum absolute atomic E-state index is 13.6. The molecule has 0 bridgehead atoms. The number of nitrogens with one attached hydrogen (secondary N) is 1. The van der Waals surface area contributed by atoms with Crippen LogP contribution in [0.1, 0.15) is 42.3 Å². The van der Waals surface area contributed by atoms with Crippen LogP contribution in [0.2, 0.25) is 0 Å². The van der Waals surface area contributed by atoms with Crippen LogP contribution in [0.25, 0.3) is 0 Å². The van der Waals surface area contributed by atoms with Crippen molar-refractivity contribution in [2.24, 2.45) is 0 Å². The molecule has 2 aromatic rings. The summed E-state index contributed by atoms with van der Waals surface area (Å²) in [6.07, 6.45) is 1.98. The van der Waals surface area contributed by atoms with Gasteiger partial charge < -0.3 is 10.1 Å². The minimum atomic E-state index is -0.570. The summed E-state index contributed by atoms with van der Waals surface area (Å²) in [4.78, 5) is 27.7. The molecule has 2 rings (SSSR count). The van der Waals surface area contributed by atoms with E-state index in [1.165, 1.54) is 12.3 Å². The van der Waals surface area contributed by atoms with Crippen LogP contribution >= 0.6 is 15.9 Å². The molecular weight excluding hydrogens is 403 g/mol. The number of amides is 1. The van der Waals surface area contributed by atoms with E-state index in [0.717, 1.165) is 11.8 Å². The van der Waals surface area contributed by atoms with Gasteiger partial charge in [0.05, 0.1) is 6.20 Å². The van der Waals surface area contributed by atoms with Crippen LogP contribution in [0.4, 0.5) is 9.18 Å². The summed E-state index contributed by atoms with van der Waals surface area (Å²) >= 11 is 3.40. The maximum Gasteiger partial charge on any atom is 0.407 e. The Morgan fingerprint density at radius 1 is 1.23 bits per heavy atom. The molecule has 138 valence electrons. The highest BCUT2D eigenvalue weighted by Gasteiger charge is 2.16. The third-order valence-electron chi connectivity index (χ3n) is 3.40. The monoisotopic (exact) mass is 422 g/mol. The molecule has 0 aliphatic carbocycles. The number of hydrogen-bond donors (Lipinski definition) is 1. The Morgan fingerprint density at radius 3 is 2.58 bits per heavy atom. The fraction of sp³-hybridized carbons (Fsp3) is 0.316. The van der Waals surface area contributed by atoms with Gasteiger partial charge in [-0.2, -0.15) is 0 Å². The molecule has 1 aromatic carbocycles. The van der Waals surface area contributed by atoms with Crippen LogP contribution in [0.15, 0.2) is 41.1 Å². The van der Waals surface area contributed by atoms with Gasteiger partial charge in [0.15, 0.2) is 5.78 Å². The molecule has 0 unspecified atom stereocenters. The number of aromatic nitrogens is 1. The highest BCUT2D eigenvalue weighted by atomic mass is 79.9. The number of hydrogen-bond acceptors (Lipinski definition) is 4. The second-order valence-corrected chi connectivity index (χ2v) is 7.58. The van der Waals surface area contributed by atoms with Gasteiger partial charge >= 0.3 is 6.09 Å². The van der Waals surface area contributed by atoms with Crippen LogP contribution in [-0.2, 0) is 17.7 Å². The van der Waals surface area contributed by atoms with Crippen LogP contribution in [-0.4, -0.2) is 22.5 Å². The van der Waals surface area contributed by atoms with E-state index in [-0.39, 0.29) is 18.7 Å². The molecule has 5 nitrogen and oxygen atoms in total. The van der Waals surface area contributed by atoms with E-state index in [9.17, 15) is 14.0 Å². The van der Waals surface area contributed by atoms with Crippen LogP contribution in [0.3, 0.4) is 0 Å². The number of Topliss-reactive ketones (excluding diaryl/α,β-unsaturated/α-hetero) is 1. The van der Waals surface area contributed by atoms with Crippen molar-refractivity contribution in [3.8, 4) is 0 Å². The first kappa shape index (κ1) is 20.0. The Hall–Kier alpha value is -2.28. The molecule has 0 saturated carbocycles. The smallest absolute Gasteiger partial charge is 0.407 e. The van der Waals surface area contributed by atoms with E-state index in [0.29, 0.717) is 15.6 Å². The number of ether oxygens (including phenoxy) is 1. The molecule has 0 saturated heterocycles. The maximum atomic E-state index is 13.6.